The molecule has 0 unspecified atom stereocenters. The number of hydrogen-bond donors (Lipinski definition) is 1. The first-order valence-corrected chi connectivity index (χ1v) is 8.44. The number of nitrogens with zero attached hydrogens (tertiary/aromatic N) is 1. The number of fused-ring (bicyclic) bond motifs is 1. The highest BCUT2D eigenvalue weighted by atomic mass is 32.2. The number of thiophene rings is 1. The monoisotopic (exact) mass is 298 g/mol. The van der Waals surface area contributed by atoms with Crippen LogP contribution in [0.1, 0.15) is 18.2 Å². The summed E-state index contributed by atoms with van der Waals surface area (Å²) in [6.07, 6.45) is 0.787. The van der Waals surface area contributed by atoms with Gasteiger partial charge < -0.3 is 5.73 Å². The fourth-order valence-corrected chi connectivity index (χ4v) is 5.13. The summed E-state index contributed by atoms with van der Waals surface area (Å²) in [7, 11) is -1.85. The zero-order valence-corrected chi connectivity index (χ0v) is 12.7. The van der Waals surface area contributed by atoms with Gasteiger partial charge in [-0.05, 0) is 12.5 Å². The summed E-state index contributed by atoms with van der Waals surface area (Å²) >= 11 is 1.46. The van der Waals surface area contributed by atoms with Crippen LogP contribution in [0.25, 0.3) is 10.1 Å². The lowest BCUT2D eigenvalue weighted by molar-refractivity contribution is 0.469. The molecule has 0 atom stereocenters. The Hall–Kier alpha value is -0.950. The van der Waals surface area contributed by atoms with E-state index in [2.05, 4.69) is 0 Å². The largest absolute Gasteiger partial charge is 0.326 e. The van der Waals surface area contributed by atoms with Crippen molar-refractivity contribution in [2.45, 2.75) is 24.8 Å². The van der Waals surface area contributed by atoms with Gasteiger partial charge in [0.1, 0.15) is 4.90 Å². The average molecular weight is 298 g/mol. The number of benzene rings is 1. The van der Waals surface area contributed by atoms with E-state index in [4.69, 9.17) is 5.73 Å². The van der Waals surface area contributed by atoms with Gasteiger partial charge in [0.25, 0.3) is 0 Å². The second-order valence-electron chi connectivity index (χ2n) is 4.38. The Kier molecular flexibility index (Phi) is 4.25. The Balaban J connectivity index is 2.67. The zero-order valence-electron chi connectivity index (χ0n) is 11.1. The molecular weight excluding hydrogens is 280 g/mol. The molecule has 0 saturated heterocycles. The molecular formula is C13H18N2O2S2. The topological polar surface area (TPSA) is 63.4 Å². The van der Waals surface area contributed by atoms with Crippen molar-refractivity contribution in [3.05, 3.63) is 29.1 Å². The SMILES string of the molecule is CCCN(C)S(=O)(=O)c1c(CN)sc2ccccc12. The second kappa shape index (κ2) is 5.58. The van der Waals surface area contributed by atoms with Crippen LogP contribution >= 0.6 is 11.3 Å². The first-order valence-electron chi connectivity index (χ1n) is 6.19. The fraction of sp³-hybridized carbons (Fsp3) is 0.385. The minimum absolute atomic E-state index is 0.244. The number of nitrogens with two attached hydrogens (primary N) is 1. The van der Waals surface area contributed by atoms with Crippen molar-refractivity contribution in [2.75, 3.05) is 13.6 Å². The van der Waals surface area contributed by atoms with Crippen molar-refractivity contribution in [2.24, 2.45) is 5.73 Å². The van der Waals surface area contributed by atoms with Gasteiger partial charge in [0.2, 0.25) is 10.0 Å². The second-order valence-corrected chi connectivity index (χ2v) is 7.50. The molecule has 1 aromatic carbocycles. The normalized spacial score (nSPS) is 12.4. The van der Waals surface area contributed by atoms with Crippen LogP contribution in [-0.2, 0) is 16.6 Å². The summed E-state index contributed by atoms with van der Waals surface area (Å²) < 4.78 is 27.7. The molecule has 19 heavy (non-hydrogen) atoms. The minimum atomic E-state index is -3.46. The van der Waals surface area contributed by atoms with Crippen LogP contribution in [-0.4, -0.2) is 26.3 Å². The smallest absolute Gasteiger partial charge is 0.244 e. The third-order valence-electron chi connectivity index (χ3n) is 3.01. The summed E-state index contributed by atoms with van der Waals surface area (Å²) in [5.41, 5.74) is 5.71. The highest BCUT2D eigenvalue weighted by Crippen LogP contribution is 2.35. The molecule has 2 rings (SSSR count). The van der Waals surface area contributed by atoms with E-state index in [1.165, 1.54) is 15.6 Å². The first kappa shape index (κ1) is 14.5. The summed E-state index contributed by atoms with van der Waals surface area (Å²) in [5, 5.41) is 0.774. The molecule has 1 heterocycles. The van der Waals surface area contributed by atoms with Crippen LogP contribution < -0.4 is 5.73 Å². The van der Waals surface area contributed by atoms with Gasteiger partial charge in [-0.3, -0.25) is 0 Å². The lowest BCUT2D eigenvalue weighted by Crippen LogP contribution is -2.28. The van der Waals surface area contributed by atoms with Crippen molar-refractivity contribution in [3.63, 3.8) is 0 Å². The standard InChI is InChI=1S/C13H18N2O2S2/c1-3-8-15(2)19(16,17)13-10-6-4-5-7-11(10)18-12(13)9-14/h4-7H,3,8-9,14H2,1-2H3. The van der Waals surface area contributed by atoms with Crippen molar-refractivity contribution in [1.29, 1.82) is 0 Å². The Bertz CT molecular complexity index is 677. The molecule has 0 fully saturated rings. The molecule has 0 saturated carbocycles. The molecule has 104 valence electrons. The Morgan fingerprint density at radius 2 is 2.00 bits per heavy atom. The van der Waals surface area contributed by atoms with E-state index in [-0.39, 0.29) is 6.54 Å². The van der Waals surface area contributed by atoms with E-state index in [1.807, 2.05) is 31.2 Å². The summed E-state index contributed by atoms with van der Waals surface area (Å²) in [5.74, 6) is 0. The van der Waals surface area contributed by atoms with Crippen molar-refractivity contribution >= 4 is 31.4 Å². The molecule has 0 aliphatic carbocycles. The lowest BCUT2D eigenvalue weighted by atomic mass is 10.2. The van der Waals surface area contributed by atoms with Gasteiger partial charge in [-0.1, -0.05) is 25.1 Å². The zero-order chi connectivity index (χ0) is 14.0. The van der Waals surface area contributed by atoms with Gasteiger partial charge in [0.15, 0.2) is 0 Å². The maximum absolute atomic E-state index is 12.7. The molecule has 1 aromatic heterocycles. The van der Waals surface area contributed by atoms with Crippen molar-refractivity contribution in [3.8, 4) is 0 Å². The van der Waals surface area contributed by atoms with Gasteiger partial charge in [-0.25, -0.2) is 12.7 Å². The first-order chi connectivity index (χ1) is 9.02. The van der Waals surface area contributed by atoms with Crippen LogP contribution in [0.15, 0.2) is 29.2 Å². The van der Waals surface area contributed by atoms with Gasteiger partial charge in [0, 0.05) is 35.1 Å². The Morgan fingerprint density at radius 3 is 2.63 bits per heavy atom. The van der Waals surface area contributed by atoms with Crippen molar-refractivity contribution in [1.82, 2.24) is 4.31 Å². The van der Waals surface area contributed by atoms with E-state index in [1.54, 1.807) is 7.05 Å². The molecule has 2 N–H and O–H groups in total. The molecule has 0 spiro atoms. The van der Waals surface area contributed by atoms with Crippen LogP contribution in [0.3, 0.4) is 0 Å². The Morgan fingerprint density at radius 1 is 1.32 bits per heavy atom. The van der Waals surface area contributed by atoms with E-state index in [0.29, 0.717) is 11.4 Å². The molecule has 6 heteroatoms. The number of hydrogen-bond acceptors (Lipinski definition) is 4. The molecule has 4 nitrogen and oxygen atoms in total. The van der Waals surface area contributed by atoms with Gasteiger partial charge in [-0.15, -0.1) is 11.3 Å². The van der Waals surface area contributed by atoms with Crippen LogP contribution in [0, 0.1) is 0 Å². The summed E-state index contributed by atoms with van der Waals surface area (Å²) in [4.78, 5) is 1.11. The predicted molar refractivity (Wildman–Crippen MR) is 79.8 cm³/mol. The van der Waals surface area contributed by atoms with E-state index in [9.17, 15) is 8.42 Å². The maximum atomic E-state index is 12.7. The number of sulfonamides is 1. The van der Waals surface area contributed by atoms with Crippen molar-refractivity contribution < 1.29 is 8.42 Å². The van der Waals surface area contributed by atoms with Crippen LogP contribution in [0.2, 0.25) is 0 Å². The third kappa shape index (κ3) is 2.53. The van der Waals surface area contributed by atoms with Gasteiger partial charge in [0.05, 0.1) is 0 Å². The van der Waals surface area contributed by atoms with Crippen LogP contribution in [0.5, 0.6) is 0 Å². The molecule has 0 aliphatic rings. The Labute approximate surface area is 117 Å². The number of rotatable bonds is 5. The predicted octanol–water partition coefficient (Wildman–Crippen LogP) is 2.39. The third-order valence-corrected chi connectivity index (χ3v) is 6.32. The highest BCUT2D eigenvalue weighted by molar-refractivity contribution is 7.89. The summed E-state index contributed by atoms with van der Waals surface area (Å²) in [6.45, 7) is 2.71. The van der Waals surface area contributed by atoms with E-state index >= 15 is 0 Å². The molecule has 0 bridgehead atoms. The molecule has 0 aliphatic heterocycles. The quantitative estimate of drug-likeness (QED) is 0.922. The maximum Gasteiger partial charge on any atom is 0.244 e. The molecule has 2 aromatic rings. The summed E-state index contributed by atoms with van der Waals surface area (Å²) in [6, 6.07) is 7.54. The average Bonchev–Trinajstić information content (AvgIpc) is 2.77. The van der Waals surface area contributed by atoms with Gasteiger partial charge >= 0.3 is 0 Å². The molecule has 0 radical (unpaired) electrons. The van der Waals surface area contributed by atoms with E-state index < -0.39 is 10.0 Å². The van der Waals surface area contributed by atoms with E-state index in [0.717, 1.165) is 21.4 Å². The molecule has 0 amide bonds. The minimum Gasteiger partial charge on any atom is -0.326 e. The van der Waals surface area contributed by atoms with Gasteiger partial charge in [-0.2, -0.15) is 0 Å². The fourth-order valence-electron chi connectivity index (χ4n) is 2.08. The highest BCUT2D eigenvalue weighted by Gasteiger charge is 2.27. The van der Waals surface area contributed by atoms with Crippen LogP contribution in [0.4, 0.5) is 0 Å². The lowest BCUT2D eigenvalue weighted by Gasteiger charge is -2.16.